The fourth-order valence-electron chi connectivity index (χ4n) is 3.33. The van der Waals surface area contributed by atoms with Crippen molar-refractivity contribution in [2.75, 3.05) is 13.1 Å². The van der Waals surface area contributed by atoms with Crippen LogP contribution in [0.25, 0.3) is 0 Å². The maximum absolute atomic E-state index is 11.3. The zero-order chi connectivity index (χ0) is 17.8. The summed E-state index contributed by atoms with van der Waals surface area (Å²) in [5, 5.41) is 13.4. The Morgan fingerprint density at radius 2 is 2.04 bits per heavy atom. The van der Waals surface area contributed by atoms with Crippen molar-refractivity contribution in [3.8, 4) is 0 Å². The van der Waals surface area contributed by atoms with Crippen LogP contribution in [0.15, 0.2) is 28.8 Å². The fraction of sp³-hybridized carbons (Fsp3) is 0.526. The Morgan fingerprint density at radius 1 is 1.32 bits per heavy atom. The van der Waals surface area contributed by atoms with Crippen LogP contribution < -0.4 is 0 Å². The summed E-state index contributed by atoms with van der Waals surface area (Å²) in [4.78, 5) is 18.1. The average molecular weight is 343 g/mol. The van der Waals surface area contributed by atoms with E-state index >= 15 is 0 Å². The molecule has 1 fully saturated rings. The summed E-state index contributed by atoms with van der Waals surface area (Å²) in [6, 6.07) is 7.32. The standard InChI is InChI=1S/C19H25N3O3/c1-13(2)18-20-17(21-25-18)12-22-9-7-14(8-10-22)11-15-5-3-4-6-16(15)19(23)24/h3-6,13-14H,7-12H2,1-2H3,(H,23,24). The lowest BCUT2D eigenvalue weighted by Crippen LogP contribution is -2.34. The minimum absolute atomic E-state index is 0.251. The van der Waals surface area contributed by atoms with Gasteiger partial charge in [-0.15, -0.1) is 0 Å². The van der Waals surface area contributed by atoms with Crippen molar-refractivity contribution >= 4 is 5.97 Å². The Morgan fingerprint density at radius 3 is 2.68 bits per heavy atom. The summed E-state index contributed by atoms with van der Waals surface area (Å²) < 4.78 is 5.26. The van der Waals surface area contributed by atoms with Gasteiger partial charge in [0, 0.05) is 5.92 Å². The van der Waals surface area contributed by atoms with Gasteiger partial charge in [-0.2, -0.15) is 4.98 Å². The summed E-state index contributed by atoms with van der Waals surface area (Å²) in [5.74, 6) is 1.37. The predicted molar refractivity (Wildman–Crippen MR) is 93.5 cm³/mol. The highest BCUT2D eigenvalue weighted by Crippen LogP contribution is 2.24. The van der Waals surface area contributed by atoms with Crippen LogP contribution in [0.5, 0.6) is 0 Å². The van der Waals surface area contributed by atoms with Gasteiger partial charge in [0.25, 0.3) is 0 Å². The molecule has 0 amide bonds. The number of carboxylic acid groups (broad SMARTS) is 1. The number of benzene rings is 1. The third kappa shape index (κ3) is 4.45. The van der Waals surface area contributed by atoms with Crippen LogP contribution in [0.2, 0.25) is 0 Å². The molecule has 6 heteroatoms. The largest absolute Gasteiger partial charge is 0.478 e. The van der Waals surface area contributed by atoms with Gasteiger partial charge in [0.1, 0.15) is 0 Å². The molecule has 2 heterocycles. The lowest BCUT2D eigenvalue weighted by atomic mass is 9.88. The van der Waals surface area contributed by atoms with Crippen LogP contribution in [0.1, 0.15) is 60.2 Å². The molecule has 1 aromatic carbocycles. The lowest BCUT2D eigenvalue weighted by molar-refractivity contribution is 0.0695. The zero-order valence-corrected chi connectivity index (χ0v) is 14.8. The van der Waals surface area contributed by atoms with Crippen molar-refractivity contribution in [3.63, 3.8) is 0 Å². The van der Waals surface area contributed by atoms with Gasteiger partial charge in [0.05, 0.1) is 12.1 Å². The molecule has 0 bridgehead atoms. The van der Waals surface area contributed by atoms with Crippen molar-refractivity contribution < 1.29 is 14.4 Å². The molecule has 25 heavy (non-hydrogen) atoms. The summed E-state index contributed by atoms with van der Waals surface area (Å²) in [7, 11) is 0. The van der Waals surface area contributed by atoms with E-state index < -0.39 is 5.97 Å². The van der Waals surface area contributed by atoms with Gasteiger partial charge >= 0.3 is 5.97 Å². The second-order valence-electron chi connectivity index (χ2n) is 7.09. The van der Waals surface area contributed by atoms with E-state index in [4.69, 9.17) is 4.52 Å². The number of aromatic carboxylic acids is 1. The lowest BCUT2D eigenvalue weighted by Gasteiger charge is -2.31. The Bertz CT molecular complexity index is 718. The van der Waals surface area contributed by atoms with Crippen molar-refractivity contribution in [1.82, 2.24) is 15.0 Å². The summed E-state index contributed by atoms with van der Waals surface area (Å²) in [5.41, 5.74) is 1.37. The Balaban J connectivity index is 1.53. The third-order valence-corrected chi connectivity index (χ3v) is 4.81. The predicted octanol–water partition coefficient (Wildman–Crippen LogP) is 3.35. The Hall–Kier alpha value is -2.21. The van der Waals surface area contributed by atoms with Crippen molar-refractivity contribution in [1.29, 1.82) is 0 Å². The second kappa shape index (κ2) is 7.78. The highest BCUT2D eigenvalue weighted by atomic mass is 16.5. The van der Waals surface area contributed by atoms with Crippen molar-refractivity contribution in [2.45, 2.75) is 45.6 Å². The van der Waals surface area contributed by atoms with E-state index in [1.54, 1.807) is 12.1 Å². The molecule has 0 unspecified atom stereocenters. The summed E-state index contributed by atoms with van der Waals surface area (Å²) >= 11 is 0. The van der Waals surface area contributed by atoms with Gasteiger partial charge < -0.3 is 9.63 Å². The van der Waals surface area contributed by atoms with Gasteiger partial charge in [0.2, 0.25) is 5.89 Å². The minimum atomic E-state index is -0.842. The topological polar surface area (TPSA) is 79.5 Å². The van der Waals surface area contributed by atoms with Crippen molar-refractivity contribution in [3.05, 3.63) is 47.1 Å². The molecule has 0 atom stereocenters. The molecule has 1 aliphatic rings. The number of aromatic nitrogens is 2. The quantitative estimate of drug-likeness (QED) is 0.866. The molecular weight excluding hydrogens is 318 g/mol. The first-order chi connectivity index (χ1) is 12.0. The molecule has 1 aliphatic heterocycles. The van der Waals surface area contributed by atoms with Crippen molar-refractivity contribution in [2.24, 2.45) is 5.92 Å². The molecule has 3 rings (SSSR count). The molecule has 1 aromatic heterocycles. The van der Waals surface area contributed by atoms with Crippen LogP contribution in [-0.4, -0.2) is 39.2 Å². The molecule has 2 aromatic rings. The second-order valence-corrected chi connectivity index (χ2v) is 7.09. The normalized spacial score (nSPS) is 16.4. The highest BCUT2D eigenvalue weighted by Gasteiger charge is 2.22. The fourth-order valence-corrected chi connectivity index (χ4v) is 3.33. The summed E-state index contributed by atoms with van der Waals surface area (Å²) in [6.45, 7) is 6.75. The Labute approximate surface area is 147 Å². The number of rotatable bonds is 6. The van der Waals surface area contributed by atoms with Crippen LogP contribution in [0.4, 0.5) is 0 Å². The van der Waals surface area contributed by atoms with E-state index in [9.17, 15) is 9.90 Å². The molecule has 1 saturated heterocycles. The SMILES string of the molecule is CC(C)c1nc(CN2CCC(Cc3ccccc3C(=O)O)CC2)no1. The Kier molecular flexibility index (Phi) is 5.48. The van der Waals surface area contributed by atoms with Gasteiger partial charge in [-0.1, -0.05) is 37.2 Å². The average Bonchev–Trinajstić information content (AvgIpc) is 3.06. The molecule has 0 spiro atoms. The molecule has 0 saturated carbocycles. The zero-order valence-electron chi connectivity index (χ0n) is 14.8. The number of carboxylic acids is 1. The first-order valence-electron chi connectivity index (χ1n) is 8.89. The molecule has 134 valence electrons. The number of nitrogens with zero attached hydrogens (tertiary/aromatic N) is 3. The molecule has 0 aliphatic carbocycles. The van der Waals surface area contributed by atoms with E-state index in [2.05, 4.69) is 15.0 Å². The number of likely N-dealkylation sites (tertiary alicyclic amines) is 1. The molecule has 1 N–H and O–H groups in total. The number of hydrogen-bond acceptors (Lipinski definition) is 5. The molecule has 0 radical (unpaired) electrons. The van der Waals surface area contributed by atoms with Crippen LogP contribution in [0.3, 0.4) is 0 Å². The number of piperidine rings is 1. The van der Waals surface area contributed by atoms with E-state index in [0.717, 1.165) is 43.7 Å². The van der Waals surface area contributed by atoms with Crippen LogP contribution in [-0.2, 0) is 13.0 Å². The van der Waals surface area contributed by atoms with Gasteiger partial charge in [-0.25, -0.2) is 4.79 Å². The van der Waals surface area contributed by atoms with E-state index in [1.165, 1.54) is 0 Å². The number of carbonyl (C=O) groups is 1. The summed E-state index contributed by atoms with van der Waals surface area (Å²) in [6.07, 6.45) is 2.95. The molecule has 6 nitrogen and oxygen atoms in total. The highest BCUT2D eigenvalue weighted by molar-refractivity contribution is 5.89. The first-order valence-corrected chi connectivity index (χ1v) is 8.89. The maximum atomic E-state index is 11.3. The van der Waals surface area contributed by atoms with Gasteiger partial charge in [0.15, 0.2) is 5.82 Å². The maximum Gasteiger partial charge on any atom is 0.335 e. The van der Waals surface area contributed by atoms with E-state index in [-0.39, 0.29) is 5.92 Å². The van der Waals surface area contributed by atoms with Gasteiger partial charge in [-0.3, -0.25) is 4.90 Å². The van der Waals surface area contributed by atoms with Crippen LogP contribution in [0, 0.1) is 5.92 Å². The van der Waals surface area contributed by atoms with Gasteiger partial charge in [-0.05, 0) is 49.9 Å². The monoisotopic (exact) mass is 343 g/mol. The third-order valence-electron chi connectivity index (χ3n) is 4.81. The van der Waals surface area contributed by atoms with Crippen LogP contribution >= 0.6 is 0 Å². The first kappa shape index (κ1) is 17.6. The van der Waals surface area contributed by atoms with E-state index in [0.29, 0.717) is 23.9 Å². The number of hydrogen-bond donors (Lipinski definition) is 1. The minimum Gasteiger partial charge on any atom is -0.478 e. The van der Waals surface area contributed by atoms with E-state index in [1.807, 2.05) is 26.0 Å². The molecular formula is C19H25N3O3. The smallest absolute Gasteiger partial charge is 0.335 e.